The molecule has 44 heavy (non-hydrogen) atoms. The summed E-state index contributed by atoms with van der Waals surface area (Å²) in [7, 11) is -4.16. The number of hydrogen-bond acceptors (Lipinski definition) is 5. The summed E-state index contributed by atoms with van der Waals surface area (Å²) in [6.07, 6.45) is 0.577. The molecule has 3 aromatic carbocycles. The monoisotopic (exact) mass is 624 g/mol. The van der Waals surface area contributed by atoms with Crippen LogP contribution in [0.1, 0.15) is 27.8 Å². The smallest absolute Gasteiger partial charge is 0.306 e. The quantitative estimate of drug-likeness (QED) is 0.260. The van der Waals surface area contributed by atoms with Crippen molar-refractivity contribution in [1.82, 2.24) is 0 Å². The molecule has 0 fully saturated rings. The highest BCUT2D eigenvalue weighted by Crippen LogP contribution is 2.39. The van der Waals surface area contributed by atoms with Gasteiger partial charge in [-0.1, -0.05) is 24.3 Å². The molecule has 1 N–H and O–H groups in total. The fourth-order valence-electron chi connectivity index (χ4n) is 5.93. The highest BCUT2D eigenvalue weighted by atomic mass is 32.2. The molecule has 216 valence electrons. The van der Waals surface area contributed by atoms with E-state index in [2.05, 4.69) is 9.69 Å². The maximum absolute atomic E-state index is 14.0. The van der Waals surface area contributed by atoms with Crippen molar-refractivity contribution in [2.24, 2.45) is 0 Å². The van der Waals surface area contributed by atoms with Crippen LogP contribution in [-0.2, 0) is 39.5 Å². The van der Waals surface area contributed by atoms with Gasteiger partial charge >= 0.3 is 5.82 Å². The fraction of sp³-hybridized carbons (Fsp3) is 0.125. The van der Waals surface area contributed by atoms with Gasteiger partial charge in [0, 0.05) is 17.9 Å². The highest BCUT2D eigenvalue weighted by Gasteiger charge is 2.38. The molecule has 1 atom stereocenters. The van der Waals surface area contributed by atoms with E-state index in [0.717, 1.165) is 30.5 Å². The van der Waals surface area contributed by atoms with E-state index in [1.54, 1.807) is 0 Å². The second-order valence-corrected chi connectivity index (χ2v) is 12.9. The van der Waals surface area contributed by atoms with Gasteiger partial charge in [0.05, 0.1) is 16.2 Å². The van der Waals surface area contributed by atoms with Crippen molar-refractivity contribution in [1.29, 1.82) is 10.5 Å². The molecule has 12 heteroatoms. The topological polar surface area (TPSA) is 128 Å². The van der Waals surface area contributed by atoms with Gasteiger partial charge < -0.3 is 4.55 Å². The fourth-order valence-corrected chi connectivity index (χ4v) is 7.72. The van der Waals surface area contributed by atoms with Crippen LogP contribution in [0.5, 0.6) is 0 Å². The molecular weight excluding hydrogens is 607 g/mol. The second-order valence-electron chi connectivity index (χ2n) is 9.97. The Balaban J connectivity index is 2.17. The molecule has 0 radical (unpaired) electrons. The number of nitrogens with zero attached hydrogens (tertiary/aromatic N) is 4. The van der Waals surface area contributed by atoms with Crippen molar-refractivity contribution in [2.75, 3.05) is 6.26 Å². The zero-order valence-corrected chi connectivity index (χ0v) is 24.4. The number of nitriles is 2. The second kappa shape index (κ2) is 11.4. The third-order valence-corrected chi connectivity index (χ3v) is 9.22. The normalized spacial score (nSPS) is 14.2. The Kier molecular flexibility index (Phi) is 7.86. The van der Waals surface area contributed by atoms with Crippen LogP contribution in [-0.4, -0.2) is 23.4 Å². The van der Waals surface area contributed by atoms with Crippen LogP contribution < -0.4 is 10.4 Å². The maximum atomic E-state index is 14.0. The molecule has 1 unspecified atom stereocenters. The molecule has 0 heterocycles. The van der Waals surface area contributed by atoms with Crippen LogP contribution in [0.15, 0.2) is 76.0 Å². The average molecular weight is 625 g/mol. The average Bonchev–Trinajstić information content (AvgIpc) is 3.54. The molecule has 0 aliphatic heterocycles. The first-order chi connectivity index (χ1) is 20.9. The summed E-state index contributed by atoms with van der Waals surface area (Å²) in [6.45, 7) is 15.3. The van der Waals surface area contributed by atoms with Gasteiger partial charge in [-0.25, -0.2) is 21.4 Å². The summed E-state index contributed by atoms with van der Waals surface area (Å²) in [5.41, 5.74) is 1.74. The Labute approximate surface area is 253 Å². The molecule has 8 nitrogen and oxygen atoms in total. The zero-order valence-electron chi connectivity index (χ0n) is 22.8. The molecule has 0 saturated carbocycles. The van der Waals surface area contributed by atoms with Gasteiger partial charge in [-0.2, -0.15) is 20.2 Å². The highest BCUT2D eigenvalue weighted by molar-refractivity contribution is 7.90. The first-order valence-electron chi connectivity index (χ1n) is 12.7. The van der Waals surface area contributed by atoms with Crippen molar-refractivity contribution in [3.63, 3.8) is 0 Å². The van der Waals surface area contributed by atoms with E-state index in [4.69, 9.17) is 13.1 Å². The lowest BCUT2D eigenvalue weighted by Crippen LogP contribution is -2.31. The number of fused-ring (bicyclic) bond motifs is 2. The largest absolute Gasteiger partial charge is 0.523 e. The Morgan fingerprint density at radius 1 is 0.886 bits per heavy atom. The zero-order chi connectivity index (χ0) is 31.9. The first kappa shape index (κ1) is 30.2. The van der Waals surface area contributed by atoms with Crippen LogP contribution >= 0.6 is 0 Å². The van der Waals surface area contributed by atoms with Crippen molar-refractivity contribution in [2.45, 2.75) is 23.5 Å². The van der Waals surface area contributed by atoms with E-state index < -0.39 is 38.3 Å². The summed E-state index contributed by atoms with van der Waals surface area (Å²) in [5.74, 6) is -2.00. The van der Waals surface area contributed by atoms with E-state index in [1.807, 2.05) is 12.1 Å². The van der Waals surface area contributed by atoms with Gasteiger partial charge in [-0.3, -0.25) is 0 Å². The van der Waals surface area contributed by atoms with Crippen LogP contribution in [0, 0.1) is 47.4 Å². The minimum atomic E-state index is -4.16. The predicted octanol–water partition coefficient (Wildman–Crippen LogP) is 3.99. The molecule has 0 amide bonds. The maximum Gasteiger partial charge on any atom is 0.523 e. The van der Waals surface area contributed by atoms with Crippen molar-refractivity contribution < 1.29 is 26.0 Å². The number of sulfone groups is 1. The van der Waals surface area contributed by atoms with Crippen molar-refractivity contribution in [3.8, 4) is 12.1 Å². The molecule has 2 aliphatic carbocycles. The molecule has 0 bridgehead atoms. The van der Waals surface area contributed by atoms with Crippen LogP contribution in [0.4, 0.5) is 8.78 Å². The van der Waals surface area contributed by atoms with Crippen LogP contribution in [0.25, 0.3) is 20.8 Å². The Hall–Kier alpha value is -5.24. The van der Waals surface area contributed by atoms with E-state index in [9.17, 15) is 36.5 Å². The lowest BCUT2D eigenvalue weighted by Gasteiger charge is -2.14. The summed E-state index contributed by atoms with van der Waals surface area (Å²) >= 11 is -2.48. The summed E-state index contributed by atoms with van der Waals surface area (Å²) in [6, 6.07) is 13.9. The predicted molar refractivity (Wildman–Crippen MR) is 157 cm³/mol. The molecule has 3 aromatic rings. The Morgan fingerprint density at radius 3 is 1.80 bits per heavy atom. The van der Waals surface area contributed by atoms with Gasteiger partial charge in [-0.15, -0.1) is 0 Å². The van der Waals surface area contributed by atoms with Crippen molar-refractivity contribution >= 4 is 32.1 Å². The number of allylic oxidation sites excluding steroid dienone is 3. The lowest BCUT2D eigenvalue weighted by atomic mass is 9.94. The van der Waals surface area contributed by atoms with E-state index >= 15 is 0 Å². The third-order valence-electron chi connectivity index (χ3n) is 7.49. The Morgan fingerprint density at radius 2 is 1.36 bits per heavy atom. The van der Waals surface area contributed by atoms with E-state index in [1.165, 1.54) is 24.3 Å². The molecule has 2 aliphatic rings. The van der Waals surface area contributed by atoms with Gasteiger partial charge in [0.2, 0.25) is 0 Å². The minimum absolute atomic E-state index is 0.105. The van der Waals surface area contributed by atoms with Gasteiger partial charge in [0.1, 0.15) is 42.5 Å². The minimum Gasteiger partial charge on any atom is -0.306 e. The van der Waals surface area contributed by atoms with Gasteiger partial charge in [0.25, 0.3) is 0 Å². The van der Waals surface area contributed by atoms with Gasteiger partial charge in [-0.05, 0) is 80.4 Å². The molecule has 0 spiro atoms. The summed E-state index contributed by atoms with van der Waals surface area (Å²) < 4.78 is 78.0. The number of hydrogen-bond donors (Lipinski definition) is 1. The standard InChI is InChI=1S/C32H18F2N4O4S2/c1-37-32(38-2)25-13-23-26(16-43(39)40)29-24(12-22(19(14-35)15-36)27(29)17-4-8-20(33)9-5-17)31(44(3,41)42)30(23)28(25)18-6-10-21(34)11-7-18/h4-11H,12-13,16H2,3H3,(H,39,40). The summed E-state index contributed by atoms with van der Waals surface area (Å²) in [5, 5.41) is 20.0. The van der Waals surface area contributed by atoms with Gasteiger partial charge in [0.15, 0.2) is 20.9 Å². The number of rotatable bonds is 5. The Bertz CT molecular complexity index is 2270. The van der Waals surface area contributed by atoms with E-state index in [0.29, 0.717) is 11.1 Å². The number of halogens is 2. The SMILES string of the molecule is [C-]#[N+]C([N+]#[C-])=C1Cc2c(CS(=O)O)c3c(c(S(C)(=O)=O)c2=C1c1ccc(F)cc1)CC(=C(C#N)C#N)C=3c1ccc(F)cc1. The summed E-state index contributed by atoms with van der Waals surface area (Å²) in [4.78, 5) is 6.51. The first-order valence-corrected chi connectivity index (χ1v) is 15.9. The molecular formula is C32H18F2N4O4S2. The van der Waals surface area contributed by atoms with Crippen LogP contribution in [0.2, 0.25) is 0 Å². The van der Waals surface area contributed by atoms with E-state index in [-0.39, 0.29) is 78.6 Å². The molecule has 0 aromatic heterocycles. The molecule has 0 saturated heterocycles. The number of benzene rings is 3. The molecule has 5 rings (SSSR count). The van der Waals surface area contributed by atoms with Crippen molar-refractivity contribution in [3.05, 3.63) is 144 Å². The van der Waals surface area contributed by atoms with Crippen LogP contribution in [0.3, 0.4) is 0 Å². The third kappa shape index (κ3) is 5.02. The lowest BCUT2D eigenvalue weighted by molar-refractivity contribution is 0.563.